The second kappa shape index (κ2) is 8.92. The van der Waals surface area contributed by atoms with E-state index in [0.717, 1.165) is 34.4 Å². The summed E-state index contributed by atoms with van der Waals surface area (Å²) in [6.45, 7) is 1.94. The number of hydrogen-bond acceptors (Lipinski definition) is 5. The minimum absolute atomic E-state index is 0.0807. The van der Waals surface area contributed by atoms with Crippen molar-refractivity contribution in [2.75, 3.05) is 0 Å². The maximum Gasteiger partial charge on any atom is 0.233 e. The van der Waals surface area contributed by atoms with Crippen molar-refractivity contribution in [3.63, 3.8) is 0 Å². The van der Waals surface area contributed by atoms with Crippen molar-refractivity contribution < 1.29 is 4.79 Å². The van der Waals surface area contributed by atoms with Crippen molar-refractivity contribution in [2.24, 2.45) is 0 Å². The number of thioether (sulfide) groups is 1. The van der Waals surface area contributed by atoms with E-state index < -0.39 is 0 Å². The molecule has 1 aromatic carbocycles. The number of benzene rings is 1. The van der Waals surface area contributed by atoms with Gasteiger partial charge in [-0.25, -0.2) is 0 Å². The lowest BCUT2D eigenvalue weighted by Gasteiger charge is -2.24. The average molecular weight is 413 g/mol. The maximum atomic E-state index is 12.7. The molecule has 0 saturated heterocycles. The first kappa shape index (κ1) is 19.2. The predicted molar refractivity (Wildman–Crippen MR) is 115 cm³/mol. The van der Waals surface area contributed by atoms with Crippen LogP contribution in [0.3, 0.4) is 0 Å². The van der Waals surface area contributed by atoms with Crippen molar-refractivity contribution in [3.05, 3.63) is 47.8 Å². The van der Waals surface area contributed by atoms with Gasteiger partial charge in [0.1, 0.15) is 0 Å². The first-order valence-electron chi connectivity index (χ1n) is 9.74. The number of para-hydroxylation sites is 1. The summed E-state index contributed by atoms with van der Waals surface area (Å²) in [6.07, 6.45) is 5.87. The Morgan fingerprint density at radius 1 is 1.14 bits per heavy atom. The van der Waals surface area contributed by atoms with E-state index >= 15 is 0 Å². The lowest BCUT2D eigenvalue weighted by Crippen LogP contribution is -2.40. The normalized spacial score (nSPS) is 16.0. The molecule has 1 fully saturated rings. The fraction of sp³-hybridized carbons (Fsp3) is 0.381. The second-order valence-corrected chi connectivity index (χ2v) is 9.31. The molecule has 2 heterocycles. The van der Waals surface area contributed by atoms with Crippen LogP contribution in [0.2, 0.25) is 0 Å². The summed E-state index contributed by atoms with van der Waals surface area (Å²) in [5, 5.41) is 14.6. The van der Waals surface area contributed by atoms with E-state index in [2.05, 4.69) is 15.5 Å². The third kappa shape index (κ3) is 4.31. The van der Waals surface area contributed by atoms with Crippen LogP contribution >= 0.6 is 23.1 Å². The molecule has 0 aliphatic heterocycles. The van der Waals surface area contributed by atoms with Crippen molar-refractivity contribution in [1.29, 1.82) is 0 Å². The van der Waals surface area contributed by atoms with Gasteiger partial charge in [0.15, 0.2) is 11.0 Å². The summed E-state index contributed by atoms with van der Waals surface area (Å²) in [4.78, 5) is 13.8. The van der Waals surface area contributed by atoms with E-state index in [4.69, 9.17) is 0 Å². The molecule has 0 spiro atoms. The quantitative estimate of drug-likeness (QED) is 0.584. The molecule has 3 aromatic rings. The number of thiophene rings is 1. The van der Waals surface area contributed by atoms with Crippen LogP contribution in [0, 0.1) is 0 Å². The minimum atomic E-state index is -0.232. The second-order valence-electron chi connectivity index (χ2n) is 7.06. The van der Waals surface area contributed by atoms with Gasteiger partial charge in [0.25, 0.3) is 0 Å². The number of aromatic nitrogens is 3. The summed E-state index contributed by atoms with van der Waals surface area (Å²) in [6, 6.07) is 14.4. The Balaban J connectivity index is 1.56. The minimum Gasteiger partial charge on any atom is -0.352 e. The standard InChI is InChI=1S/C21H24N4OS2/c1-15(20(26)22-16-9-4-2-5-10-16)28-21-24-23-19(18-13-8-14-27-18)25(21)17-11-6-3-7-12-17/h3,6-8,11-16H,2,4-5,9-10H2,1H3,(H,22,26)/t15-/m1/s1. The van der Waals surface area contributed by atoms with Crippen molar-refractivity contribution in [1.82, 2.24) is 20.1 Å². The van der Waals surface area contributed by atoms with Gasteiger partial charge in [0, 0.05) is 11.7 Å². The van der Waals surface area contributed by atoms with Gasteiger partial charge in [-0.1, -0.05) is 55.3 Å². The number of hydrogen-bond donors (Lipinski definition) is 1. The van der Waals surface area contributed by atoms with Crippen molar-refractivity contribution >= 4 is 29.0 Å². The maximum absolute atomic E-state index is 12.7. The van der Waals surface area contributed by atoms with Crippen LogP contribution in [0.1, 0.15) is 39.0 Å². The molecular formula is C21H24N4OS2. The first-order chi connectivity index (χ1) is 13.7. The van der Waals surface area contributed by atoms with E-state index in [1.54, 1.807) is 11.3 Å². The van der Waals surface area contributed by atoms with E-state index in [9.17, 15) is 4.79 Å². The van der Waals surface area contributed by atoms with Gasteiger partial charge in [-0.15, -0.1) is 21.5 Å². The zero-order valence-electron chi connectivity index (χ0n) is 15.9. The fourth-order valence-corrected chi connectivity index (χ4v) is 5.07. The van der Waals surface area contributed by atoms with Gasteiger partial charge in [-0.05, 0) is 43.3 Å². The molecule has 0 radical (unpaired) electrons. The highest BCUT2D eigenvalue weighted by Crippen LogP contribution is 2.32. The lowest BCUT2D eigenvalue weighted by atomic mass is 9.95. The SMILES string of the molecule is C[C@@H](Sc1nnc(-c2cccs2)n1-c1ccccc1)C(=O)NC1CCCCC1. The molecule has 4 rings (SSSR count). The third-order valence-electron chi connectivity index (χ3n) is 4.99. The Bertz CT molecular complexity index is 902. The van der Waals surface area contributed by atoms with Crippen LogP contribution in [0.15, 0.2) is 53.0 Å². The van der Waals surface area contributed by atoms with Gasteiger partial charge in [-0.3, -0.25) is 9.36 Å². The Morgan fingerprint density at radius 2 is 1.93 bits per heavy atom. The van der Waals surface area contributed by atoms with Crippen molar-refractivity contribution in [3.8, 4) is 16.4 Å². The predicted octanol–water partition coefficient (Wildman–Crippen LogP) is 4.93. The van der Waals surface area contributed by atoms with E-state index in [1.165, 1.54) is 31.0 Å². The topological polar surface area (TPSA) is 59.8 Å². The molecule has 1 aliphatic carbocycles. The molecule has 0 bridgehead atoms. The van der Waals surface area contributed by atoms with E-state index in [1.807, 2.05) is 59.3 Å². The van der Waals surface area contributed by atoms with E-state index in [0.29, 0.717) is 6.04 Å². The van der Waals surface area contributed by atoms with Gasteiger partial charge >= 0.3 is 0 Å². The van der Waals surface area contributed by atoms with E-state index in [-0.39, 0.29) is 11.2 Å². The summed E-state index contributed by atoms with van der Waals surface area (Å²) in [5.41, 5.74) is 0.998. The Morgan fingerprint density at radius 3 is 2.64 bits per heavy atom. The summed E-state index contributed by atoms with van der Waals surface area (Å²) < 4.78 is 2.04. The largest absolute Gasteiger partial charge is 0.352 e. The summed E-state index contributed by atoms with van der Waals surface area (Å²) in [7, 11) is 0. The molecule has 1 amide bonds. The Kier molecular flexibility index (Phi) is 6.12. The number of nitrogens with one attached hydrogen (secondary N) is 1. The molecule has 0 unspecified atom stereocenters. The molecule has 1 N–H and O–H groups in total. The first-order valence-corrected chi connectivity index (χ1v) is 11.5. The number of amides is 1. The van der Waals surface area contributed by atoms with Crippen LogP contribution in [0.25, 0.3) is 16.4 Å². The molecule has 28 heavy (non-hydrogen) atoms. The van der Waals surface area contributed by atoms with Gasteiger partial charge in [-0.2, -0.15) is 0 Å². The third-order valence-corrected chi connectivity index (χ3v) is 6.90. The highest BCUT2D eigenvalue weighted by atomic mass is 32.2. The zero-order chi connectivity index (χ0) is 19.3. The van der Waals surface area contributed by atoms with Crippen molar-refractivity contribution in [2.45, 2.75) is 55.5 Å². The molecule has 146 valence electrons. The van der Waals surface area contributed by atoms with Gasteiger partial charge < -0.3 is 5.32 Å². The van der Waals surface area contributed by atoms with Crippen LogP contribution in [-0.4, -0.2) is 32.0 Å². The van der Waals surface area contributed by atoms with Gasteiger partial charge in [0.05, 0.1) is 10.1 Å². The lowest BCUT2D eigenvalue weighted by molar-refractivity contribution is -0.121. The Labute approximate surface area is 173 Å². The molecule has 1 atom stereocenters. The van der Waals surface area contributed by atoms with Crippen LogP contribution in [0.5, 0.6) is 0 Å². The molecule has 7 heteroatoms. The summed E-state index contributed by atoms with van der Waals surface area (Å²) in [5.74, 6) is 0.890. The monoisotopic (exact) mass is 412 g/mol. The molecule has 2 aromatic heterocycles. The van der Waals surface area contributed by atoms with Crippen LogP contribution in [-0.2, 0) is 4.79 Å². The molecule has 1 saturated carbocycles. The number of rotatable bonds is 6. The van der Waals surface area contributed by atoms with Gasteiger partial charge in [0.2, 0.25) is 5.91 Å². The number of carbonyl (C=O) groups excluding carboxylic acids is 1. The highest BCUT2D eigenvalue weighted by Gasteiger charge is 2.24. The summed E-state index contributed by atoms with van der Waals surface area (Å²) >= 11 is 3.10. The fourth-order valence-electron chi connectivity index (χ4n) is 3.50. The van der Waals surface area contributed by atoms with Crippen LogP contribution in [0.4, 0.5) is 0 Å². The smallest absolute Gasteiger partial charge is 0.233 e. The van der Waals surface area contributed by atoms with Crippen LogP contribution < -0.4 is 5.32 Å². The molecule has 1 aliphatic rings. The molecular weight excluding hydrogens is 388 g/mol. The average Bonchev–Trinajstić information content (AvgIpc) is 3.39. The number of nitrogens with zero attached hydrogens (tertiary/aromatic N) is 3. The Hall–Kier alpha value is -2.12. The zero-order valence-corrected chi connectivity index (χ0v) is 17.5. The number of carbonyl (C=O) groups is 1. The molecule has 5 nitrogen and oxygen atoms in total. The highest BCUT2D eigenvalue weighted by molar-refractivity contribution is 8.00.